The monoisotopic (exact) mass is 297 g/mol. The maximum atomic E-state index is 12.3. The van der Waals surface area contributed by atoms with Crippen molar-refractivity contribution >= 4 is 5.97 Å². The van der Waals surface area contributed by atoms with E-state index in [0.29, 0.717) is 11.1 Å². The molecule has 2 aromatic rings. The largest absolute Gasteiger partial charge is 0.573 e. The number of carbonyl (C=O) groups excluding carboxylic acids is 1. The number of rotatable bonds is 3. The number of pyridine rings is 1. The SMILES string of the molecule is COC(=O)c1cc(-c2cccnc2)ccc1OC(F)(F)F. The van der Waals surface area contributed by atoms with Crippen LogP contribution >= 0.6 is 0 Å². The van der Waals surface area contributed by atoms with Crippen molar-refractivity contribution in [3.8, 4) is 16.9 Å². The molecular formula is C14H10F3NO3. The number of methoxy groups -OCH3 is 1. The summed E-state index contributed by atoms with van der Waals surface area (Å²) < 4.78 is 45.3. The molecule has 0 saturated carbocycles. The van der Waals surface area contributed by atoms with Crippen molar-refractivity contribution in [2.24, 2.45) is 0 Å². The topological polar surface area (TPSA) is 48.4 Å². The summed E-state index contributed by atoms with van der Waals surface area (Å²) in [6.45, 7) is 0. The minimum absolute atomic E-state index is 0.309. The molecule has 0 amide bonds. The van der Waals surface area contributed by atoms with Gasteiger partial charge in [-0.2, -0.15) is 0 Å². The van der Waals surface area contributed by atoms with Crippen molar-refractivity contribution in [3.05, 3.63) is 48.3 Å². The van der Waals surface area contributed by atoms with Gasteiger partial charge in [0.15, 0.2) is 0 Å². The van der Waals surface area contributed by atoms with Crippen LogP contribution in [0.2, 0.25) is 0 Å². The first-order valence-corrected chi connectivity index (χ1v) is 5.79. The third kappa shape index (κ3) is 3.71. The maximum Gasteiger partial charge on any atom is 0.573 e. The second-order valence-corrected chi connectivity index (χ2v) is 3.99. The summed E-state index contributed by atoms with van der Waals surface area (Å²) in [5, 5.41) is 0. The lowest BCUT2D eigenvalue weighted by atomic mass is 10.0. The number of carbonyl (C=O) groups is 1. The molecule has 0 atom stereocenters. The molecule has 0 aliphatic carbocycles. The Morgan fingerprint density at radius 3 is 2.52 bits per heavy atom. The van der Waals surface area contributed by atoms with Gasteiger partial charge >= 0.3 is 12.3 Å². The summed E-state index contributed by atoms with van der Waals surface area (Å²) in [6, 6.07) is 7.14. The number of aromatic nitrogens is 1. The van der Waals surface area contributed by atoms with Crippen LogP contribution in [-0.4, -0.2) is 24.4 Å². The minimum Gasteiger partial charge on any atom is -0.465 e. The average molecular weight is 297 g/mol. The lowest BCUT2D eigenvalue weighted by Crippen LogP contribution is -2.19. The molecule has 2 rings (SSSR count). The van der Waals surface area contributed by atoms with Crippen LogP contribution in [-0.2, 0) is 4.74 Å². The number of hydrogen-bond acceptors (Lipinski definition) is 4. The minimum atomic E-state index is -4.89. The summed E-state index contributed by atoms with van der Waals surface area (Å²) >= 11 is 0. The molecule has 21 heavy (non-hydrogen) atoms. The van der Waals surface area contributed by atoms with Crippen molar-refractivity contribution in [3.63, 3.8) is 0 Å². The zero-order chi connectivity index (χ0) is 15.5. The van der Waals surface area contributed by atoms with Crippen LogP contribution in [0.3, 0.4) is 0 Å². The van der Waals surface area contributed by atoms with Gasteiger partial charge in [-0.05, 0) is 23.8 Å². The van der Waals surface area contributed by atoms with E-state index >= 15 is 0 Å². The number of esters is 1. The Labute approximate surface area is 118 Å². The number of ether oxygens (including phenoxy) is 2. The number of halogens is 3. The lowest BCUT2D eigenvalue weighted by molar-refractivity contribution is -0.274. The molecule has 110 valence electrons. The number of hydrogen-bond donors (Lipinski definition) is 0. The van der Waals surface area contributed by atoms with E-state index < -0.39 is 18.1 Å². The second kappa shape index (κ2) is 5.82. The van der Waals surface area contributed by atoms with E-state index in [2.05, 4.69) is 14.5 Å². The Morgan fingerprint density at radius 1 is 1.19 bits per heavy atom. The van der Waals surface area contributed by atoms with E-state index in [0.717, 1.165) is 13.2 Å². The summed E-state index contributed by atoms with van der Waals surface area (Å²) in [7, 11) is 1.08. The summed E-state index contributed by atoms with van der Waals surface area (Å²) in [5.74, 6) is -1.53. The number of benzene rings is 1. The normalized spacial score (nSPS) is 11.0. The van der Waals surface area contributed by atoms with Gasteiger partial charge in [-0.3, -0.25) is 4.98 Å². The number of nitrogens with zero attached hydrogens (tertiary/aromatic N) is 1. The van der Waals surface area contributed by atoms with Crippen LogP contribution in [0.15, 0.2) is 42.7 Å². The predicted molar refractivity (Wildman–Crippen MR) is 67.7 cm³/mol. The average Bonchev–Trinajstić information content (AvgIpc) is 2.46. The summed E-state index contributed by atoms with van der Waals surface area (Å²) in [5.41, 5.74) is 0.871. The van der Waals surface area contributed by atoms with E-state index in [-0.39, 0.29) is 5.56 Å². The summed E-state index contributed by atoms with van der Waals surface area (Å²) in [6.07, 6.45) is -1.80. The first-order valence-electron chi connectivity index (χ1n) is 5.79. The molecule has 0 bridgehead atoms. The van der Waals surface area contributed by atoms with E-state index in [1.807, 2.05) is 0 Å². The van der Waals surface area contributed by atoms with Gasteiger partial charge in [-0.25, -0.2) is 4.79 Å². The van der Waals surface area contributed by atoms with Crippen molar-refractivity contribution in [1.82, 2.24) is 4.98 Å². The van der Waals surface area contributed by atoms with E-state index in [4.69, 9.17) is 0 Å². The molecule has 7 heteroatoms. The van der Waals surface area contributed by atoms with Crippen LogP contribution in [0.4, 0.5) is 13.2 Å². The highest BCUT2D eigenvalue weighted by Gasteiger charge is 2.33. The molecule has 1 heterocycles. The van der Waals surface area contributed by atoms with Gasteiger partial charge in [0.1, 0.15) is 11.3 Å². The Bertz CT molecular complexity index is 642. The van der Waals surface area contributed by atoms with Crippen LogP contribution in [0.25, 0.3) is 11.1 Å². The van der Waals surface area contributed by atoms with Crippen LogP contribution in [0.5, 0.6) is 5.75 Å². The van der Waals surface area contributed by atoms with Crippen LogP contribution < -0.4 is 4.74 Å². The molecule has 0 aliphatic heterocycles. The molecule has 1 aromatic carbocycles. The molecule has 0 spiro atoms. The highest BCUT2D eigenvalue weighted by Crippen LogP contribution is 2.30. The van der Waals surface area contributed by atoms with Gasteiger partial charge < -0.3 is 9.47 Å². The fourth-order valence-electron chi connectivity index (χ4n) is 1.73. The molecule has 0 unspecified atom stereocenters. The zero-order valence-electron chi connectivity index (χ0n) is 10.8. The lowest BCUT2D eigenvalue weighted by Gasteiger charge is -2.13. The van der Waals surface area contributed by atoms with Gasteiger partial charge in [0.2, 0.25) is 0 Å². The third-order valence-electron chi connectivity index (χ3n) is 2.61. The molecule has 0 radical (unpaired) electrons. The molecular weight excluding hydrogens is 287 g/mol. The fraction of sp³-hybridized carbons (Fsp3) is 0.143. The van der Waals surface area contributed by atoms with Crippen LogP contribution in [0, 0.1) is 0 Å². The summed E-state index contributed by atoms with van der Waals surface area (Å²) in [4.78, 5) is 15.5. The second-order valence-electron chi connectivity index (χ2n) is 3.99. The molecule has 0 fully saturated rings. The van der Waals surface area contributed by atoms with Crippen LogP contribution in [0.1, 0.15) is 10.4 Å². The maximum absolute atomic E-state index is 12.3. The van der Waals surface area contributed by atoms with E-state index in [1.54, 1.807) is 18.3 Å². The van der Waals surface area contributed by atoms with Crippen molar-refractivity contribution in [1.29, 1.82) is 0 Å². The fourth-order valence-corrected chi connectivity index (χ4v) is 1.73. The highest BCUT2D eigenvalue weighted by molar-refractivity contribution is 5.94. The Hall–Kier alpha value is -2.57. The van der Waals surface area contributed by atoms with Gasteiger partial charge in [0.05, 0.1) is 7.11 Å². The van der Waals surface area contributed by atoms with Gasteiger partial charge in [0, 0.05) is 18.0 Å². The highest BCUT2D eigenvalue weighted by atomic mass is 19.4. The van der Waals surface area contributed by atoms with E-state index in [1.165, 1.54) is 18.3 Å². The Kier molecular flexibility index (Phi) is 4.11. The number of alkyl halides is 3. The zero-order valence-corrected chi connectivity index (χ0v) is 10.8. The Morgan fingerprint density at radius 2 is 1.95 bits per heavy atom. The van der Waals surface area contributed by atoms with E-state index in [9.17, 15) is 18.0 Å². The van der Waals surface area contributed by atoms with Crippen molar-refractivity contribution in [2.75, 3.05) is 7.11 Å². The molecule has 0 aliphatic rings. The molecule has 4 nitrogen and oxygen atoms in total. The van der Waals surface area contributed by atoms with Crippen molar-refractivity contribution < 1.29 is 27.4 Å². The van der Waals surface area contributed by atoms with Gasteiger partial charge in [0.25, 0.3) is 0 Å². The standard InChI is InChI=1S/C14H10F3NO3/c1-20-13(19)11-7-9(10-3-2-6-18-8-10)4-5-12(11)21-14(15,16)17/h2-8H,1H3. The Balaban J connectivity index is 2.47. The smallest absolute Gasteiger partial charge is 0.465 e. The first-order chi connectivity index (χ1) is 9.90. The molecule has 0 saturated heterocycles. The van der Waals surface area contributed by atoms with Gasteiger partial charge in [-0.15, -0.1) is 13.2 Å². The first kappa shape index (κ1) is 14.8. The quantitative estimate of drug-likeness (QED) is 0.814. The molecule has 1 aromatic heterocycles. The van der Waals surface area contributed by atoms with Gasteiger partial charge in [-0.1, -0.05) is 12.1 Å². The third-order valence-corrected chi connectivity index (χ3v) is 2.61. The molecule has 0 N–H and O–H groups in total. The predicted octanol–water partition coefficient (Wildman–Crippen LogP) is 3.43. The van der Waals surface area contributed by atoms with Crippen molar-refractivity contribution in [2.45, 2.75) is 6.36 Å².